The quantitative estimate of drug-likeness (QED) is 0.477. The summed E-state index contributed by atoms with van der Waals surface area (Å²) in [5.41, 5.74) is 3.65. The highest BCUT2D eigenvalue weighted by Crippen LogP contribution is 2.28. The van der Waals surface area contributed by atoms with E-state index in [0.717, 1.165) is 16.5 Å². The highest BCUT2D eigenvalue weighted by molar-refractivity contribution is 6.07. The van der Waals surface area contributed by atoms with Crippen molar-refractivity contribution in [3.63, 3.8) is 0 Å². The number of para-hydroxylation sites is 1. The molecule has 1 aliphatic heterocycles. The number of halogens is 1. The maximum absolute atomic E-state index is 14.1. The minimum absolute atomic E-state index is 0.0426. The van der Waals surface area contributed by atoms with Crippen LogP contribution in [0.4, 0.5) is 10.1 Å². The van der Waals surface area contributed by atoms with Crippen molar-refractivity contribution in [2.45, 2.75) is 6.92 Å². The summed E-state index contributed by atoms with van der Waals surface area (Å²) in [5, 5.41) is 0.830. The second kappa shape index (κ2) is 7.87. The molecule has 5 nitrogen and oxygen atoms in total. The third kappa shape index (κ3) is 3.65. The number of furan rings is 1. The molecule has 1 fully saturated rings. The second-order valence-electron chi connectivity index (χ2n) is 7.78. The van der Waals surface area contributed by atoms with Crippen LogP contribution in [0.1, 0.15) is 15.9 Å². The van der Waals surface area contributed by atoms with Crippen molar-refractivity contribution >= 4 is 22.5 Å². The van der Waals surface area contributed by atoms with Gasteiger partial charge >= 0.3 is 0 Å². The molecule has 6 heteroatoms. The highest BCUT2D eigenvalue weighted by atomic mass is 19.1. The van der Waals surface area contributed by atoms with E-state index in [-0.39, 0.29) is 11.7 Å². The average molecular weight is 415 g/mol. The Hall–Kier alpha value is -3.67. The Morgan fingerprint density at radius 3 is 2.55 bits per heavy atom. The van der Waals surface area contributed by atoms with E-state index in [9.17, 15) is 9.18 Å². The topological polar surface area (TPSA) is 49.6 Å². The fraction of sp³-hybridized carbons (Fsp3) is 0.200. The summed E-state index contributed by atoms with van der Waals surface area (Å²) < 4.78 is 19.7. The number of amides is 1. The van der Waals surface area contributed by atoms with Gasteiger partial charge in [-0.25, -0.2) is 9.37 Å². The summed E-state index contributed by atoms with van der Waals surface area (Å²) in [6.45, 7) is 4.22. The largest absolute Gasteiger partial charge is 0.463 e. The fourth-order valence-corrected chi connectivity index (χ4v) is 4.10. The molecule has 4 aromatic rings. The van der Waals surface area contributed by atoms with Gasteiger partial charge in [0.1, 0.15) is 11.5 Å². The van der Waals surface area contributed by atoms with Gasteiger partial charge in [-0.2, -0.15) is 0 Å². The molecule has 2 aromatic heterocycles. The Bertz CT molecular complexity index is 1250. The van der Waals surface area contributed by atoms with Gasteiger partial charge in [-0.3, -0.25) is 4.79 Å². The zero-order valence-corrected chi connectivity index (χ0v) is 17.2. The Morgan fingerprint density at radius 1 is 1.00 bits per heavy atom. The molecule has 3 heterocycles. The van der Waals surface area contributed by atoms with Crippen molar-refractivity contribution in [3.05, 3.63) is 83.9 Å². The van der Waals surface area contributed by atoms with E-state index in [0.29, 0.717) is 48.9 Å². The normalized spacial score (nSPS) is 14.3. The first-order chi connectivity index (χ1) is 15.1. The van der Waals surface area contributed by atoms with Crippen molar-refractivity contribution in [1.29, 1.82) is 0 Å². The van der Waals surface area contributed by atoms with E-state index < -0.39 is 0 Å². The van der Waals surface area contributed by atoms with E-state index in [2.05, 4.69) is 0 Å². The number of carbonyl (C=O) groups excluding carboxylic acids is 1. The number of aryl methyl sites for hydroxylation is 1. The number of pyridine rings is 1. The van der Waals surface area contributed by atoms with Crippen LogP contribution in [0, 0.1) is 12.7 Å². The first kappa shape index (κ1) is 19.3. The molecule has 0 saturated carbocycles. The van der Waals surface area contributed by atoms with E-state index >= 15 is 0 Å². The van der Waals surface area contributed by atoms with Gasteiger partial charge in [0.25, 0.3) is 5.91 Å². The number of carbonyl (C=O) groups is 1. The van der Waals surface area contributed by atoms with Crippen molar-refractivity contribution in [1.82, 2.24) is 9.88 Å². The number of benzene rings is 2. The lowest BCUT2D eigenvalue weighted by molar-refractivity contribution is 0.0748. The van der Waals surface area contributed by atoms with Crippen molar-refractivity contribution in [2.24, 2.45) is 0 Å². The number of hydrogen-bond acceptors (Lipinski definition) is 4. The van der Waals surface area contributed by atoms with Crippen LogP contribution in [-0.4, -0.2) is 42.0 Å². The van der Waals surface area contributed by atoms with Gasteiger partial charge in [0.15, 0.2) is 5.76 Å². The molecule has 1 amide bonds. The number of fused-ring (bicyclic) bond motifs is 1. The Labute approximate surface area is 179 Å². The third-order valence-electron chi connectivity index (χ3n) is 5.73. The van der Waals surface area contributed by atoms with Crippen LogP contribution in [0.2, 0.25) is 0 Å². The minimum Gasteiger partial charge on any atom is -0.463 e. The standard InChI is InChI=1S/C25H22FN3O2/c1-17-8-9-21-18(15-17)19(16-22(27-21)24-7-4-14-31-24)25(30)29-12-10-28(11-13-29)23-6-3-2-5-20(23)26/h2-9,14-16H,10-13H2,1H3. The number of rotatable bonds is 3. The molecule has 0 radical (unpaired) electrons. The lowest BCUT2D eigenvalue weighted by atomic mass is 10.0. The summed E-state index contributed by atoms with van der Waals surface area (Å²) >= 11 is 0. The SMILES string of the molecule is Cc1ccc2nc(-c3ccco3)cc(C(=O)N3CCN(c4ccccc4F)CC3)c2c1. The first-order valence-corrected chi connectivity index (χ1v) is 10.3. The van der Waals surface area contributed by atoms with Crippen LogP contribution in [0.25, 0.3) is 22.4 Å². The van der Waals surface area contributed by atoms with Gasteiger partial charge in [0, 0.05) is 31.6 Å². The lowest BCUT2D eigenvalue weighted by Gasteiger charge is -2.36. The summed E-state index contributed by atoms with van der Waals surface area (Å²) in [6, 6.07) is 18.1. The molecule has 0 N–H and O–H groups in total. The van der Waals surface area contributed by atoms with Gasteiger partial charge in [0.05, 0.1) is 23.0 Å². The van der Waals surface area contributed by atoms with Crippen LogP contribution < -0.4 is 4.90 Å². The van der Waals surface area contributed by atoms with Crippen LogP contribution >= 0.6 is 0 Å². The molecular formula is C25H22FN3O2. The first-order valence-electron chi connectivity index (χ1n) is 10.3. The summed E-state index contributed by atoms with van der Waals surface area (Å²) in [4.78, 5) is 22.0. The van der Waals surface area contributed by atoms with E-state index in [4.69, 9.17) is 9.40 Å². The summed E-state index contributed by atoms with van der Waals surface area (Å²) in [5.74, 6) is 0.348. The molecule has 0 aliphatic carbocycles. The summed E-state index contributed by atoms with van der Waals surface area (Å²) in [7, 11) is 0. The smallest absolute Gasteiger partial charge is 0.254 e. The zero-order chi connectivity index (χ0) is 21.4. The van der Waals surface area contributed by atoms with Gasteiger partial charge in [-0.1, -0.05) is 23.8 Å². The van der Waals surface area contributed by atoms with Crippen molar-refractivity contribution in [3.8, 4) is 11.5 Å². The van der Waals surface area contributed by atoms with Gasteiger partial charge in [0.2, 0.25) is 0 Å². The Morgan fingerprint density at radius 2 is 1.81 bits per heavy atom. The Balaban J connectivity index is 1.46. The molecule has 5 rings (SSSR count). The summed E-state index contributed by atoms with van der Waals surface area (Å²) in [6.07, 6.45) is 1.60. The van der Waals surface area contributed by atoms with Crippen molar-refractivity contribution < 1.29 is 13.6 Å². The van der Waals surface area contributed by atoms with E-state index in [1.807, 2.05) is 53.1 Å². The number of hydrogen-bond donors (Lipinski definition) is 0. The maximum Gasteiger partial charge on any atom is 0.254 e. The molecule has 156 valence electrons. The third-order valence-corrected chi connectivity index (χ3v) is 5.73. The monoisotopic (exact) mass is 415 g/mol. The number of anilines is 1. The molecule has 31 heavy (non-hydrogen) atoms. The molecule has 1 saturated heterocycles. The fourth-order valence-electron chi connectivity index (χ4n) is 4.10. The highest BCUT2D eigenvalue weighted by Gasteiger charge is 2.25. The second-order valence-corrected chi connectivity index (χ2v) is 7.78. The predicted octanol–water partition coefficient (Wildman–Crippen LogP) is 4.90. The maximum atomic E-state index is 14.1. The molecule has 1 aliphatic rings. The number of aromatic nitrogens is 1. The van der Waals surface area contributed by atoms with Crippen LogP contribution in [0.5, 0.6) is 0 Å². The number of piperazine rings is 1. The lowest BCUT2D eigenvalue weighted by Crippen LogP contribution is -2.49. The number of nitrogens with zero attached hydrogens (tertiary/aromatic N) is 3. The van der Waals surface area contributed by atoms with Gasteiger partial charge in [-0.05, 0) is 49.4 Å². The van der Waals surface area contributed by atoms with Crippen LogP contribution in [0.3, 0.4) is 0 Å². The molecule has 0 spiro atoms. The minimum atomic E-state index is -0.235. The molecule has 0 bridgehead atoms. The van der Waals surface area contributed by atoms with Crippen LogP contribution in [-0.2, 0) is 0 Å². The van der Waals surface area contributed by atoms with Crippen LogP contribution in [0.15, 0.2) is 71.3 Å². The van der Waals surface area contributed by atoms with Crippen molar-refractivity contribution in [2.75, 3.05) is 31.1 Å². The van der Waals surface area contributed by atoms with E-state index in [1.165, 1.54) is 6.07 Å². The zero-order valence-electron chi connectivity index (χ0n) is 17.2. The molecular weight excluding hydrogens is 393 g/mol. The average Bonchev–Trinajstić information content (AvgIpc) is 3.33. The molecule has 0 atom stereocenters. The van der Waals surface area contributed by atoms with E-state index in [1.54, 1.807) is 24.5 Å². The van der Waals surface area contributed by atoms with Gasteiger partial charge < -0.3 is 14.2 Å². The Kier molecular flexibility index (Phi) is 4.90. The van der Waals surface area contributed by atoms with Gasteiger partial charge in [-0.15, -0.1) is 0 Å². The molecule has 2 aromatic carbocycles. The molecule has 0 unspecified atom stereocenters. The predicted molar refractivity (Wildman–Crippen MR) is 119 cm³/mol.